The molecule has 0 aromatic carbocycles. The van der Waals surface area contributed by atoms with Crippen LogP contribution in [0.5, 0.6) is 5.75 Å². The highest BCUT2D eigenvalue weighted by molar-refractivity contribution is 5.76. The number of halogens is 6. The van der Waals surface area contributed by atoms with E-state index in [1.54, 1.807) is 26.8 Å². The van der Waals surface area contributed by atoms with E-state index in [-0.39, 0.29) is 24.8 Å². The summed E-state index contributed by atoms with van der Waals surface area (Å²) in [5.74, 6) is -0.673. The summed E-state index contributed by atoms with van der Waals surface area (Å²) in [5, 5.41) is 5.09. The number of nitrogens with zero attached hydrogens (tertiary/aromatic N) is 6. The summed E-state index contributed by atoms with van der Waals surface area (Å²) >= 11 is 0. The van der Waals surface area contributed by atoms with E-state index in [2.05, 4.69) is 15.1 Å². The second kappa shape index (κ2) is 11.3. The number of likely N-dealkylation sites (N-methyl/N-ethyl adjacent to an activating group) is 1. The van der Waals surface area contributed by atoms with Crippen molar-refractivity contribution in [2.45, 2.75) is 31.8 Å². The van der Waals surface area contributed by atoms with E-state index < -0.39 is 40.9 Å². The minimum absolute atomic E-state index is 0.139. The third kappa shape index (κ3) is 7.53. The number of anilines is 1. The fourth-order valence-electron chi connectivity index (χ4n) is 3.76. The number of amides is 1. The number of ether oxygens (including phenoxy) is 1. The zero-order valence-corrected chi connectivity index (χ0v) is 19.9. The molecule has 2 aromatic rings. The first-order valence-electron chi connectivity index (χ1n) is 11.2. The zero-order valence-electron chi connectivity index (χ0n) is 19.9. The van der Waals surface area contributed by atoms with Crippen LogP contribution < -0.4 is 15.2 Å². The molecule has 0 radical (unpaired) electrons. The molecule has 1 saturated heterocycles. The van der Waals surface area contributed by atoms with Crippen molar-refractivity contribution in [1.29, 1.82) is 0 Å². The Hall–Kier alpha value is -3.43. The Labute approximate surface area is 207 Å². The van der Waals surface area contributed by atoms with Crippen LogP contribution in [-0.4, -0.2) is 88.3 Å². The predicted molar refractivity (Wildman–Crippen MR) is 118 cm³/mol. The van der Waals surface area contributed by atoms with Crippen molar-refractivity contribution >= 4 is 11.9 Å². The Balaban J connectivity index is 1.44. The van der Waals surface area contributed by atoms with E-state index in [0.717, 1.165) is 18.6 Å². The molecule has 2 aromatic heterocycles. The summed E-state index contributed by atoms with van der Waals surface area (Å²) in [6, 6.07) is 0. The molecule has 1 fully saturated rings. The summed E-state index contributed by atoms with van der Waals surface area (Å²) in [4.78, 5) is 36.7. The molecule has 37 heavy (non-hydrogen) atoms. The highest BCUT2D eigenvalue weighted by Gasteiger charge is 2.38. The number of nitrogens with one attached hydrogen (secondary N) is 1. The van der Waals surface area contributed by atoms with Crippen LogP contribution in [0.2, 0.25) is 0 Å². The van der Waals surface area contributed by atoms with Gasteiger partial charge in [-0.15, -0.1) is 0 Å². The maximum atomic E-state index is 13.2. The first kappa shape index (κ1) is 28.1. The van der Waals surface area contributed by atoms with E-state index in [4.69, 9.17) is 4.74 Å². The molecule has 3 heterocycles. The number of carbonyl (C=O) groups excluding carboxylic acids is 1. The molecule has 0 bridgehead atoms. The molecular formula is C21H25F6N7O3. The summed E-state index contributed by atoms with van der Waals surface area (Å²) in [6.07, 6.45) is -7.80. The van der Waals surface area contributed by atoms with Crippen LogP contribution in [0.4, 0.5) is 32.3 Å². The number of aromatic nitrogens is 4. The molecule has 3 rings (SSSR count). The van der Waals surface area contributed by atoms with Gasteiger partial charge in [0.15, 0.2) is 11.3 Å². The van der Waals surface area contributed by atoms with Crippen molar-refractivity contribution in [1.82, 2.24) is 30.0 Å². The Kier molecular flexibility index (Phi) is 8.60. The number of carbonyl (C=O) groups is 1. The van der Waals surface area contributed by atoms with Crippen molar-refractivity contribution in [2.75, 3.05) is 51.2 Å². The van der Waals surface area contributed by atoms with Gasteiger partial charge in [-0.05, 0) is 14.0 Å². The lowest BCUT2D eigenvalue weighted by Crippen LogP contribution is -2.49. The number of H-pyrrole nitrogens is 1. The molecule has 204 valence electrons. The minimum atomic E-state index is -4.91. The standard InChI is InChI=1S/C21H25F6N7O3/c1-13(37-15-11-30-31-18(36)17(15)21(25,26)27)12-32(2)4-3-16(35)33-5-7-34(8-6-33)19-28-9-14(10-29-19)20(22,23)24/h9-11,13H,3-8,12H2,1-2H3,(H,31,36). The molecule has 16 heteroatoms. The van der Waals surface area contributed by atoms with Crippen LogP contribution in [0, 0.1) is 0 Å². The van der Waals surface area contributed by atoms with Gasteiger partial charge in [-0.1, -0.05) is 0 Å². The molecule has 0 aliphatic carbocycles. The average molecular weight is 537 g/mol. The van der Waals surface area contributed by atoms with E-state index in [0.29, 0.717) is 32.7 Å². The van der Waals surface area contributed by atoms with Gasteiger partial charge in [0, 0.05) is 58.1 Å². The summed E-state index contributed by atoms with van der Waals surface area (Å²) in [5.41, 5.74) is -3.81. The molecule has 1 aliphatic rings. The van der Waals surface area contributed by atoms with Gasteiger partial charge in [-0.2, -0.15) is 31.4 Å². The molecule has 1 N–H and O–H groups in total. The van der Waals surface area contributed by atoms with E-state index in [1.807, 2.05) is 0 Å². The fourth-order valence-corrected chi connectivity index (χ4v) is 3.76. The van der Waals surface area contributed by atoms with Crippen LogP contribution in [0.15, 0.2) is 23.4 Å². The van der Waals surface area contributed by atoms with Crippen molar-refractivity contribution < 1.29 is 35.9 Å². The molecule has 0 saturated carbocycles. The van der Waals surface area contributed by atoms with Gasteiger partial charge < -0.3 is 19.4 Å². The summed E-state index contributed by atoms with van der Waals surface area (Å²) in [6.45, 7) is 3.38. The number of piperazine rings is 1. The van der Waals surface area contributed by atoms with Crippen molar-refractivity contribution in [3.63, 3.8) is 0 Å². The molecular weight excluding hydrogens is 512 g/mol. The van der Waals surface area contributed by atoms with Crippen LogP contribution in [-0.2, 0) is 17.1 Å². The number of alkyl halides is 6. The van der Waals surface area contributed by atoms with Crippen molar-refractivity contribution in [3.8, 4) is 5.75 Å². The first-order valence-corrected chi connectivity index (χ1v) is 11.2. The van der Waals surface area contributed by atoms with Crippen molar-refractivity contribution in [2.24, 2.45) is 0 Å². The lowest BCUT2D eigenvalue weighted by atomic mass is 10.2. The molecule has 0 spiro atoms. The Morgan fingerprint density at radius 1 is 1.08 bits per heavy atom. The quantitative estimate of drug-likeness (QED) is 0.510. The molecule has 1 atom stereocenters. The normalized spacial score (nSPS) is 15.7. The lowest BCUT2D eigenvalue weighted by Gasteiger charge is -2.35. The summed E-state index contributed by atoms with van der Waals surface area (Å²) in [7, 11) is 1.67. The highest BCUT2D eigenvalue weighted by Crippen LogP contribution is 2.33. The maximum absolute atomic E-state index is 13.2. The smallest absolute Gasteiger partial charge is 0.425 e. The van der Waals surface area contributed by atoms with Gasteiger partial charge in [-0.3, -0.25) is 9.59 Å². The minimum Gasteiger partial charge on any atom is -0.487 e. The third-order valence-electron chi connectivity index (χ3n) is 5.59. The molecule has 1 aliphatic heterocycles. The first-order chi connectivity index (χ1) is 17.3. The zero-order chi connectivity index (χ0) is 27.4. The number of hydrogen-bond acceptors (Lipinski definition) is 8. The van der Waals surface area contributed by atoms with Gasteiger partial charge in [0.25, 0.3) is 5.56 Å². The van der Waals surface area contributed by atoms with Gasteiger partial charge in [0.1, 0.15) is 6.10 Å². The number of hydrogen-bond donors (Lipinski definition) is 1. The Morgan fingerprint density at radius 2 is 1.70 bits per heavy atom. The third-order valence-corrected chi connectivity index (χ3v) is 5.59. The molecule has 1 amide bonds. The van der Waals surface area contributed by atoms with Crippen LogP contribution in [0.1, 0.15) is 24.5 Å². The van der Waals surface area contributed by atoms with Crippen molar-refractivity contribution in [3.05, 3.63) is 40.1 Å². The van der Waals surface area contributed by atoms with E-state index in [1.165, 1.54) is 6.92 Å². The molecule has 10 nitrogen and oxygen atoms in total. The van der Waals surface area contributed by atoms with Crippen LogP contribution in [0.25, 0.3) is 0 Å². The highest BCUT2D eigenvalue weighted by atomic mass is 19.4. The lowest BCUT2D eigenvalue weighted by molar-refractivity contribution is -0.140. The predicted octanol–water partition coefficient (Wildman–Crippen LogP) is 2.04. The second-order valence-corrected chi connectivity index (χ2v) is 8.51. The number of rotatable bonds is 8. The fraction of sp³-hybridized carbons (Fsp3) is 0.571. The van der Waals surface area contributed by atoms with Gasteiger partial charge >= 0.3 is 12.4 Å². The van der Waals surface area contributed by atoms with Gasteiger partial charge in [0.2, 0.25) is 11.9 Å². The van der Waals surface area contributed by atoms with Gasteiger partial charge in [0.05, 0.1) is 11.8 Å². The average Bonchev–Trinajstić information content (AvgIpc) is 2.81. The maximum Gasteiger partial charge on any atom is 0.425 e. The SMILES string of the molecule is CC(CN(C)CCC(=O)N1CCN(c2ncc(C(F)(F)F)cn2)CC1)Oc1cn[nH]c(=O)c1C(F)(F)F. The van der Waals surface area contributed by atoms with E-state index in [9.17, 15) is 35.9 Å². The largest absolute Gasteiger partial charge is 0.487 e. The number of aromatic amines is 1. The monoisotopic (exact) mass is 537 g/mol. The van der Waals surface area contributed by atoms with E-state index >= 15 is 0 Å². The van der Waals surface area contributed by atoms with Crippen LogP contribution in [0.3, 0.4) is 0 Å². The Bertz CT molecular complexity index is 1120. The van der Waals surface area contributed by atoms with Gasteiger partial charge in [-0.25, -0.2) is 15.1 Å². The van der Waals surface area contributed by atoms with Crippen LogP contribution >= 0.6 is 0 Å². The topological polar surface area (TPSA) is 108 Å². The second-order valence-electron chi connectivity index (χ2n) is 8.51. The summed E-state index contributed by atoms with van der Waals surface area (Å²) < 4.78 is 82.8. The Morgan fingerprint density at radius 3 is 2.27 bits per heavy atom. The molecule has 1 unspecified atom stereocenters.